The van der Waals surface area contributed by atoms with E-state index in [1.165, 1.54) is 200 Å². The van der Waals surface area contributed by atoms with Crippen LogP contribution in [0.4, 0.5) is 0 Å². The highest BCUT2D eigenvalue weighted by atomic mass is 15.1. The largest absolute Gasteiger partial charge is 0.314 e. The average molecular weight is 701 g/mol. The van der Waals surface area contributed by atoms with Crippen LogP contribution < -0.4 is 21.3 Å². The summed E-state index contributed by atoms with van der Waals surface area (Å²) in [7, 11) is 0. The molecule has 1 saturated carbocycles. The van der Waals surface area contributed by atoms with Crippen LogP contribution in [-0.2, 0) is 0 Å². The van der Waals surface area contributed by atoms with Gasteiger partial charge in [0.1, 0.15) is 0 Å². The Hall–Kier alpha value is -0.500. The molecule has 10 aliphatic rings. The Kier molecular flexibility index (Phi) is 25.4. The van der Waals surface area contributed by atoms with Gasteiger partial charge < -0.3 is 31.1 Å². The van der Waals surface area contributed by atoms with Crippen molar-refractivity contribution < 1.29 is 0 Å². The molecule has 9 heterocycles. The fraction of sp³-hybridized carbons (Fsp3) is 0.955. The molecule has 4 bridgehead atoms. The van der Waals surface area contributed by atoms with Gasteiger partial charge in [-0.05, 0) is 186 Å². The van der Waals surface area contributed by atoms with E-state index in [9.17, 15) is 0 Å². The van der Waals surface area contributed by atoms with E-state index in [1.807, 2.05) is 0 Å². The minimum absolute atomic E-state index is 0.764. The molecule has 9 fully saturated rings. The first-order chi connectivity index (χ1) is 24.6. The molecular weight excluding hydrogens is 613 g/mol. The molecular formula is C44H88N6. The first-order valence-corrected chi connectivity index (χ1v) is 22.7. The molecule has 0 aromatic carbocycles. The lowest BCUT2D eigenvalue weighted by Crippen LogP contribution is -2.44. The molecule has 1 aliphatic carbocycles. The number of nitrogens with zero attached hydrogens (tertiary/aromatic N) is 2. The Labute approximate surface area is 312 Å². The normalized spacial score (nSPS) is 32.4. The van der Waals surface area contributed by atoms with E-state index >= 15 is 0 Å². The van der Waals surface area contributed by atoms with Crippen molar-refractivity contribution in [2.24, 2.45) is 11.8 Å². The predicted octanol–water partition coefficient (Wildman–Crippen LogP) is 8.91. The summed E-state index contributed by atoms with van der Waals surface area (Å²) in [5.74, 6) is 2.15. The van der Waals surface area contributed by atoms with Gasteiger partial charge >= 0.3 is 0 Å². The van der Waals surface area contributed by atoms with Crippen LogP contribution in [0.2, 0.25) is 0 Å². The van der Waals surface area contributed by atoms with Crippen molar-refractivity contribution in [3.05, 3.63) is 12.2 Å². The lowest BCUT2D eigenvalue weighted by atomic mass is 9.82. The lowest BCUT2D eigenvalue weighted by molar-refractivity contribution is 0.111. The molecule has 6 heteroatoms. The molecule has 3 atom stereocenters. The van der Waals surface area contributed by atoms with Gasteiger partial charge in [-0.3, -0.25) is 0 Å². The van der Waals surface area contributed by atoms with Crippen molar-refractivity contribution in [1.82, 2.24) is 31.1 Å². The molecule has 3 unspecified atom stereocenters. The molecule has 0 aromatic rings. The van der Waals surface area contributed by atoms with E-state index in [-0.39, 0.29) is 0 Å². The molecule has 0 aromatic heterocycles. The lowest BCUT2D eigenvalue weighted by Gasteiger charge is -2.38. The summed E-state index contributed by atoms with van der Waals surface area (Å²) in [6, 6.07) is 3.38. The standard InChI is InChI=1S/C8H17N.C8H15N.2C7H13N.2C7H15N/c2*1-2-5-8-6-3-4-7-9-8;1-4-8-5-2-7(1)3-6-8;1-3-7-4-2-6(1)5-8-7;1-2-5-8-6-3-4-7-8;1-2-4-7-5-3-6-8-7/h8-9H,2-7H2,1H3;3-4,8-9H,2,5-7H2,1H3;7H,1-6H2;6-8H,1-5H2;2-7H2,1H3;7-8H,2-6H2,1H3. The van der Waals surface area contributed by atoms with Crippen LogP contribution >= 0.6 is 0 Å². The van der Waals surface area contributed by atoms with Crippen molar-refractivity contribution >= 4 is 0 Å². The summed E-state index contributed by atoms with van der Waals surface area (Å²) < 4.78 is 0. The third kappa shape index (κ3) is 20.1. The van der Waals surface area contributed by atoms with Gasteiger partial charge in [-0.25, -0.2) is 0 Å². The molecule has 8 saturated heterocycles. The predicted molar refractivity (Wildman–Crippen MR) is 220 cm³/mol. The van der Waals surface area contributed by atoms with Crippen LogP contribution in [0, 0.1) is 11.8 Å². The maximum absolute atomic E-state index is 3.52. The number of likely N-dealkylation sites (tertiary alicyclic amines) is 1. The Balaban J connectivity index is 0.000000162. The van der Waals surface area contributed by atoms with Gasteiger partial charge in [0.05, 0.1) is 0 Å². The number of nitrogens with one attached hydrogen (secondary N) is 4. The number of hydrogen-bond acceptors (Lipinski definition) is 6. The molecule has 294 valence electrons. The first-order valence-electron chi connectivity index (χ1n) is 22.7. The fourth-order valence-electron chi connectivity index (χ4n) is 9.19. The number of hydrogen-bond donors (Lipinski definition) is 4. The molecule has 0 spiro atoms. The fourth-order valence-corrected chi connectivity index (χ4v) is 9.19. The maximum Gasteiger partial charge on any atom is 0.0137 e. The summed E-state index contributed by atoms with van der Waals surface area (Å²) in [6.45, 7) is 22.1. The Bertz CT molecular complexity index is 681. The van der Waals surface area contributed by atoms with Gasteiger partial charge in [0, 0.05) is 30.7 Å². The number of rotatable bonds is 8. The van der Waals surface area contributed by atoms with Crippen molar-refractivity contribution in [2.75, 3.05) is 65.4 Å². The smallest absolute Gasteiger partial charge is 0.0137 e. The molecule has 0 amide bonds. The second-order valence-electron chi connectivity index (χ2n) is 16.9. The summed E-state index contributed by atoms with van der Waals surface area (Å²) in [6.07, 6.45) is 35.3. The SMILES string of the molecule is C1CC2CCC1CN2.C1CN2CCC1CC2.CCCC1CC=CCN1.CCCC1CCCCN1.CCCC1CCCN1.CCCN1CCCC1. The molecule has 4 N–H and O–H groups in total. The van der Waals surface area contributed by atoms with Gasteiger partial charge in [0.2, 0.25) is 0 Å². The van der Waals surface area contributed by atoms with E-state index in [2.05, 4.69) is 70.9 Å². The molecule has 10 rings (SSSR count). The zero-order chi connectivity index (χ0) is 35.5. The summed E-state index contributed by atoms with van der Waals surface area (Å²) >= 11 is 0. The second kappa shape index (κ2) is 28.9. The summed E-state index contributed by atoms with van der Waals surface area (Å²) in [4.78, 5) is 5.12. The zero-order valence-electron chi connectivity index (χ0n) is 34.1. The molecule has 6 nitrogen and oxygen atoms in total. The van der Waals surface area contributed by atoms with E-state index in [4.69, 9.17) is 0 Å². The van der Waals surface area contributed by atoms with Crippen molar-refractivity contribution in [1.29, 1.82) is 0 Å². The monoisotopic (exact) mass is 701 g/mol. The van der Waals surface area contributed by atoms with Crippen LogP contribution in [-0.4, -0.2) is 99.4 Å². The zero-order valence-corrected chi connectivity index (χ0v) is 34.1. The quantitative estimate of drug-likeness (QED) is 0.190. The van der Waals surface area contributed by atoms with Crippen LogP contribution in [0.25, 0.3) is 0 Å². The number of piperidine rings is 6. The third-order valence-corrected chi connectivity index (χ3v) is 12.4. The van der Waals surface area contributed by atoms with Crippen LogP contribution in [0.5, 0.6) is 0 Å². The highest BCUT2D eigenvalue weighted by molar-refractivity contribution is 4.93. The summed E-state index contributed by atoms with van der Waals surface area (Å²) in [5.41, 5.74) is 0. The van der Waals surface area contributed by atoms with Gasteiger partial charge in [-0.15, -0.1) is 0 Å². The Morgan fingerprint density at radius 1 is 0.500 bits per heavy atom. The van der Waals surface area contributed by atoms with Crippen LogP contribution in [0.15, 0.2) is 12.2 Å². The minimum atomic E-state index is 0.764. The summed E-state index contributed by atoms with van der Waals surface area (Å²) in [5, 5.41) is 13.9. The molecule has 50 heavy (non-hydrogen) atoms. The topological polar surface area (TPSA) is 54.6 Å². The highest BCUT2D eigenvalue weighted by Crippen LogP contribution is 2.28. The van der Waals surface area contributed by atoms with Crippen molar-refractivity contribution in [3.63, 3.8) is 0 Å². The second-order valence-corrected chi connectivity index (χ2v) is 16.9. The Morgan fingerprint density at radius 2 is 1.10 bits per heavy atom. The van der Waals surface area contributed by atoms with E-state index in [0.29, 0.717) is 0 Å². The molecule has 0 radical (unpaired) electrons. The Morgan fingerprint density at radius 3 is 1.44 bits per heavy atom. The van der Waals surface area contributed by atoms with Crippen LogP contribution in [0.1, 0.15) is 169 Å². The van der Waals surface area contributed by atoms with Gasteiger partial charge in [-0.1, -0.05) is 65.5 Å². The van der Waals surface area contributed by atoms with Gasteiger partial charge in [0.25, 0.3) is 0 Å². The highest BCUT2D eigenvalue weighted by Gasteiger charge is 2.26. The van der Waals surface area contributed by atoms with Crippen LogP contribution in [0.3, 0.4) is 0 Å². The van der Waals surface area contributed by atoms with Gasteiger partial charge in [-0.2, -0.15) is 0 Å². The maximum atomic E-state index is 3.52. The van der Waals surface area contributed by atoms with E-state index in [0.717, 1.165) is 42.5 Å². The van der Waals surface area contributed by atoms with Crippen molar-refractivity contribution in [2.45, 2.75) is 193 Å². The minimum Gasteiger partial charge on any atom is -0.314 e. The van der Waals surface area contributed by atoms with E-state index < -0.39 is 0 Å². The number of fused-ring (bicyclic) bond motifs is 6. The third-order valence-electron chi connectivity index (χ3n) is 12.4. The molecule has 9 aliphatic heterocycles. The van der Waals surface area contributed by atoms with Gasteiger partial charge in [0.15, 0.2) is 0 Å². The first kappa shape index (κ1) is 43.9. The average Bonchev–Trinajstić information content (AvgIpc) is 3.92. The van der Waals surface area contributed by atoms with Crippen molar-refractivity contribution in [3.8, 4) is 0 Å². The van der Waals surface area contributed by atoms with E-state index in [1.54, 1.807) is 0 Å².